The monoisotopic (exact) mass is 453 g/mol. The molecule has 1 amide bonds. The van der Waals surface area contributed by atoms with Crippen molar-refractivity contribution in [1.29, 1.82) is 0 Å². The summed E-state index contributed by atoms with van der Waals surface area (Å²) in [6.07, 6.45) is 1.75. The predicted octanol–water partition coefficient (Wildman–Crippen LogP) is 5.03. The van der Waals surface area contributed by atoms with E-state index in [4.69, 9.17) is 4.74 Å². The minimum atomic E-state index is -0.425. The summed E-state index contributed by atoms with van der Waals surface area (Å²) in [7, 11) is 0. The lowest BCUT2D eigenvalue weighted by Gasteiger charge is -2.36. The molecular weight excluding hydrogens is 422 g/mol. The first-order chi connectivity index (χ1) is 15.2. The van der Waals surface area contributed by atoms with Gasteiger partial charge in [-0.15, -0.1) is 0 Å². The van der Waals surface area contributed by atoms with E-state index in [1.807, 2.05) is 43.2 Å². The highest BCUT2D eigenvalue weighted by Gasteiger charge is 2.41. The van der Waals surface area contributed by atoms with Crippen LogP contribution in [-0.4, -0.2) is 34.6 Å². The summed E-state index contributed by atoms with van der Waals surface area (Å²) >= 11 is 1.47. The molecule has 6 nitrogen and oxygen atoms in total. The molecule has 0 aliphatic carbocycles. The Morgan fingerprint density at radius 1 is 1.25 bits per heavy atom. The fourth-order valence-corrected chi connectivity index (χ4v) is 4.72. The largest absolute Gasteiger partial charge is 0.458 e. The van der Waals surface area contributed by atoms with Crippen molar-refractivity contribution >= 4 is 28.8 Å². The van der Waals surface area contributed by atoms with Crippen LogP contribution in [0.4, 0.5) is 0 Å². The van der Waals surface area contributed by atoms with Crippen molar-refractivity contribution in [3.05, 3.63) is 70.4 Å². The summed E-state index contributed by atoms with van der Waals surface area (Å²) in [5.74, 6) is -0.0885. The first-order valence-electron chi connectivity index (χ1n) is 10.8. The van der Waals surface area contributed by atoms with Gasteiger partial charge in [-0.05, 0) is 43.2 Å². The number of hydrogen-bond donors (Lipinski definition) is 1. The number of nitrogens with one attached hydrogen (secondary N) is 1. The Balaban J connectivity index is 2.03. The molecule has 0 saturated carbocycles. The van der Waals surface area contributed by atoms with Crippen LogP contribution in [0.5, 0.6) is 0 Å². The van der Waals surface area contributed by atoms with Gasteiger partial charge in [-0.3, -0.25) is 4.79 Å². The Morgan fingerprint density at radius 2 is 1.94 bits per heavy atom. The molecule has 1 aromatic rings. The zero-order chi connectivity index (χ0) is 23.4. The number of aliphatic imine (C=N–C) groups is 1. The van der Waals surface area contributed by atoms with Crippen LogP contribution in [-0.2, 0) is 14.3 Å². The van der Waals surface area contributed by atoms with Crippen LogP contribution in [0.2, 0.25) is 0 Å². The second kappa shape index (κ2) is 10.2. The molecule has 2 aliphatic heterocycles. The number of carbonyl (C=O) groups is 2. The van der Waals surface area contributed by atoms with Gasteiger partial charge in [0.25, 0.3) is 0 Å². The Morgan fingerprint density at radius 3 is 2.53 bits per heavy atom. The Labute approximate surface area is 194 Å². The molecule has 0 aromatic heterocycles. The number of allylic oxidation sites excluding steroid dienone is 1. The summed E-state index contributed by atoms with van der Waals surface area (Å²) in [4.78, 5) is 32.2. The Kier molecular flexibility index (Phi) is 7.61. The molecule has 3 rings (SSSR count). The molecule has 0 radical (unpaired) electrons. The van der Waals surface area contributed by atoms with E-state index in [2.05, 4.69) is 42.9 Å². The topological polar surface area (TPSA) is 71.0 Å². The van der Waals surface area contributed by atoms with E-state index >= 15 is 0 Å². The average molecular weight is 454 g/mol. The number of thioether (sulfide) groups is 1. The third-order valence-electron chi connectivity index (χ3n) is 5.26. The second-order valence-electron chi connectivity index (χ2n) is 8.50. The Bertz CT molecular complexity index is 990. The number of benzene rings is 1. The van der Waals surface area contributed by atoms with Crippen LogP contribution in [0.3, 0.4) is 0 Å². The van der Waals surface area contributed by atoms with Crippen LogP contribution in [0.25, 0.3) is 0 Å². The summed E-state index contributed by atoms with van der Waals surface area (Å²) in [5.41, 5.74) is 4.08. The lowest BCUT2D eigenvalue weighted by molar-refractivity contribution is -0.138. The van der Waals surface area contributed by atoms with Gasteiger partial charge in [0, 0.05) is 11.7 Å². The number of nitrogens with zero attached hydrogens (tertiary/aromatic N) is 2. The zero-order valence-corrected chi connectivity index (χ0v) is 20.2. The van der Waals surface area contributed by atoms with Crippen molar-refractivity contribution in [3.8, 4) is 0 Å². The number of fused-ring (bicyclic) bond motifs is 1. The lowest BCUT2D eigenvalue weighted by Crippen LogP contribution is -2.38. The predicted molar refractivity (Wildman–Crippen MR) is 130 cm³/mol. The summed E-state index contributed by atoms with van der Waals surface area (Å²) in [5, 5.41) is 5.64. The van der Waals surface area contributed by atoms with E-state index < -0.39 is 12.0 Å². The van der Waals surface area contributed by atoms with Crippen molar-refractivity contribution in [2.75, 3.05) is 6.61 Å². The van der Waals surface area contributed by atoms with Crippen LogP contribution in [0.15, 0.2) is 64.3 Å². The van der Waals surface area contributed by atoms with Crippen LogP contribution in [0.1, 0.15) is 64.1 Å². The van der Waals surface area contributed by atoms with E-state index in [1.165, 1.54) is 17.3 Å². The molecule has 2 aliphatic rings. The number of amidine groups is 1. The third kappa shape index (κ3) is 5.15. The molecule has 0 bridgehead atoms. The molecule has 2 heterocycles. The van der Waals surface area contributed by atoms with E-state index in [9.17, 15) is 9.59 Å². The highest BCUT2D eigenvalue weighted by Crippen LogP contribution is 2.45. The standard InChI is InChI=1S/C25H31N3O3S/c1-7-12-31-24(30)22-17(6)27-25-28(20(14-32-25)13-21(29)26-16(4)5)23(22)19-10-8-18(9-11-19)15(2)3/h7-11,14-16,23H,1,12-13H2,2-6H3,(H,26,29). The molecule has 1 unspecified atom stereocenters. The van der Waals surface area contributed by atoms with E-state index in [0.29, 0.717) is 17.2 Å². The molecule has 32 heavy (non-hydrogen) atoms. The SMILES string of the molecule is C=CCOC(=O)C1=C(C)N=C2SC=C(CC(=O)NC(C)C)N2C1c1ccc(C(C)C)cc1. The fraction of sp³-hybridized carbons (Fsp3) is 0.400. The highest BCUT2D eigenvalue weighted by atomic mass is 32.2. The quantitative estimate of drug-likeness (QED) is 0.442. The fourth-order valence-electron chi connectivity index (χ4n) is 3.76. The van der Waals surface area contributed by atoms with Crippen molar-refractivity contribution in [2.24, 2.45) is 4.99 Å². The second-order valence-corrected chi connectivity index (χ2v) is 9.34. The van der Waals surface area contributed by atoms with E-state index in [0.717, 1.165) is 16.4 Å². The van der Waals surface area contributed by atoms with Crippen molar-refractivity contribution in [1.82, 2.24) is 10.2 Å². The van der Waals surface area contributed by atoms with Gasteiger partial charge in [0.1, 0.15) is 6.61 Å². The molecule has 7 heteroatoms. The molecule has 170 valence electrons. The zero-order valence-electron chi connectivity index (χ0n) is 19.3. The highest BCUT2D eigenvalue weighted by molar-refractivity contribution is 8.16. The van der Waals surface area contributed by atoms with Gasteiger partial charge in [-0.1, -0.05) is 62.5 Å². The normalized spacial score (nSPS) is 17.8. The van der Waals surface area contributed by atoms with E-state index in [1.54, 1.807) is 6.08 Å². The summed E-state index contributed by atoms with van der Waals surface area (Å²) in [6.45, 7) is 13.7. The number of carbonyl (C=O) groups excluding carboxylic acids is 2. The maximum absolute atomic E-state index is 13.1. The van der Waals surface area contributed by atoms with Gasteiger partial charge in [-0.25, -0.2) is 9.79 Å². The first kappa shape index (κ1) is 23.9. The van der Waals surface area contributed by atoms with Gasteiger partial charge in [0.15, 0.2) is 5.17 Å². The van der Waals surface area contributed by atoms with Gasteiger partial charge < -0.3 is 15.0 Å². The number of rotatable bonds is 8. The molecule has 1 atom stereocenters. The first-order valence-corrected chi connectivity index (χ1v) is 11.7. The minimum absolute atomic E-state index is 0.0533. The molecule has 1 N–H and O–H groups in total. The summed E-state index contributed by atoms with van der Waals surface area (Å²) < 4.78 is 5.42. The minimum Gasteiger partial charge on any atom is -0.458 e. The van der Waals surface area contributed by atoms with Crippen molar-refractivity contribution < 1.29 is 14.3 Å². The molecule has 0 saturated heterocycles. The average Bonchev–Trinajstić information content (AvgIpc) is 3.12. The molecular formula is C25H31N3O3S. The number of hydrogen-bond acceptors (Lipinski definition) is 6. The van der Waals surface area contributed by atoms with Gasteiger partial charge in [0.2, 0.25) is 5.91 Å². The third-order valence-corrected chi connectivity index (χ3v) is 6.15. The van der Waals surface area contributed by atoms with Gasteiger partial charge in [-0.2, -0.15) is 0 Å². The molecule has 1 aromatic carbocycles. The van der Waals surface area contributed by atoms with Crippen molar-refractivity contribution in [2.45, 2.75) is 59.0 Å². The molecule has 0 fully saturated rings. The van der Waals surface area contributed by atoms with E-state index in [-0.39, 0.29) is 25.0 Å². The van der Waals surface area contributed by atoms with Crippen molar-refractivity contribution in [3.63, 3.8) is 0 Å². The smallest absolute Gasteiger partial charge is 0.338 e. The maximum Gasteiger partial charge on any atom is 0.338 e. The summed E-state index contributed by atoms with van der Waals surface area (Å²) in [6, 6.07) is 7.90. The van der Waals surface area contributed by atoms with Crippen LogP contribution in [0, 0.1) is 0 Å². The number of ether oxygens (including phenoxy) is 1. The maximum atomic E-state index is 13.1. The number of esters is 1. The molecule has 0 spiro atoms. The number of amides is 1. The van der Waals surface area contributed by atoms with Crippen LogP contribution < -0.4 is 5.32 Å². The van der Waals surface area contributed by atoms with Gasteiger partial charge >= 0.3 is 5.97 Å². The van der Waals surface area contributed by atoms with Gasteiger partial charge in [0.05, 0.1) is 23.7 Å². The Hall–Kier alpha value is -2.80. The van der Waals surface area contributed by atoms with Crippen LogP contribution >= 0.6 is 11.8 Å². The lowest BCUT2D eigenvalue weighted by atomic mass is 9.92.